The molecule has 16 heavy (non-hydrogen) atoms. The Balaban J connectivity index is 2.99. The van der Waals surface area contributed by atoms with E-state index in [9.17, 15) is 9.59 Å². The molecular weight excluding hydrogens is 208 g/mol. The molecule has 0 aliphatic heterocycles. The van der Waals surface area contributed by atoms with Crippen molar-refractivity contribution < 1.29 is 9.90 Å². The van der Waals surface area contributed by atoms with Crippen molar-refractivity contribution >= 4 is 5.91 Å². The number of hydrogen-bond donors (Lipinski definition) is 2. The van der Waals surface area contributed by atoms with Gasteiger partial charge >= 0.3 is 0 Å². The summed E-state index contributed by atoms with van der Waals surface area (Å²) in [4.78, 5) is 23.4. The molecule has 5 heteroatoms. The van der Waals surface area contributed by atoms with Crippen LogP contribution in [0.15, 0.2) is 23.1 Å². The van der Waals surface area contributed by atoms with E-state index in [4.69, 9.17) is 5.11 Å². The average molecular weight is 224 g/mol. The van der Waals surface area contributed by atoms with Crippen molar-refractivity contribution in [2.24, 2.45) is 7.05 Å². The molecule has 0 fully saturated rings. The number of hydrogen-bond acceptors (Lipinski definition) is 3. The van der Waals surface area contributed by atoms with E-state index < -0.39 is 11.4 Å². The van der Waals surface area contributed by atoms with Crippen molar-refractivity contribution in [3.63, 3.8) is 0 Å². The molecule has 0 bridgehead atoms. The highest BCUT2D eigenvalue weighted by Gasteiger charge is 2.21. The van der Waals surface area contributed by atoms with Crippen LogP contribution in [0.5, 0.6) is 0 Å². The van der Waals surface area contributed by atoms with Crippen LogP contribution in [0.2, 0.25) is 0 Å². The average Bonchev–Trinajstić information content (AvgIpc) is 2.21. The summed E-state index contributed by atoms with van der Waals surface area (Å²) in [5.41, 5.74) is -1.02. The zero-order valence-corrected chi connectivity index (χ0v) is 9.65. The molecule has 0 radical (unpaired) electrons. The van der Waals surface area contributed by atoms with Gasteiger partial charge in [0.15, 0.2) is 0 Å². The van der Waals surface area contributed by atoms with Crippen molar-refractivity contribution in [1.82, 2.24) is 9.88 Å². The van der Waals surface area contributed by atoms with Gasteiger partial charge in [-0.1, -0.05) is 0 Å². The summed E-state index contributed by atoms with van der Waals surface area (Å²) in [6.07, 6.45) is 1.58. The summed E-state index contributed by atoms with van der Waals surface area (Å²) < 4.78 is 1.33. The number of aromatic nitrogens is 1. The van der Waals surface area contributed by atoms with Crippen LogP contribution in [0, 0.1) is 0 Å². The van der Waals surface area contributed by atoms with E-state index >= 15 is 0 Å². The normalized spacial score (nSPS) is 11.2. The van der Waals surface area contributed by atoms with E-state index in [1.807, 2.05) is 0 Å². The van der Waals surface area contributed by atoms with Crippen LogP contribution in [0.25, 0.3) is 0 Å². The molecule has 1 heterocycles. The second kappa shape index (κ2) is 4.49. The number of aryl methyl sites for hydroxylation is 1. The first-order valence-electron chi connectivity index (χ1n) is 4.96. The summed E-state index contributed by atoms with van der Waals surface area (Å²) in [6.45, 7) is 3.17. The molecule has 0 unspecified atom stereocenters. The summed E-state index contributed by atoms with van der Waals surface area (Å²) >= 11 is 0. The SMILES string of the molecule is Cn1cccc(C(=O)NC(C)(C)CO)c1=O. The van der Waals surface area contributed by atoms with Crippen LogP contribution >= 0.6 is 0 Å². The molecule has 0 aliphatic carbocycles. The van der Waals surface area contributed by atoms with Gasteiger partial charge in [-0.05, 0) is 26.0 Å². The van der Waals surface area contributed by atoms with Crippen LogP contribution in [0.4, 0.5) is 0 Å². The van der Waals surface area contributed by atoms with Gasteiger partial charge in [-0.15, -0.1) is 0 Å². The van der Waals surface area contributed by atoms with Crippen LogP contribution in [-0.4, -0.2) is 27.7 Å². The van der Waals surface area contributed by atoms with E-state index in [0.29, 0.717) is 0 Å². The Hall–Kier alpha value is -1.62. The Morgan fingerprint density at radius 3 is 2.75 bits per heavy atom. The Morgan fingerprint density at radius 1 is 1.56 bits per heavy atom. The monoisotopic (exact) mass is 224 g/mol. The van der Waals surface area contributed by atoms with Crippen molar-refractivity contribution in [1.29, 1.82) is 0 Å². The zero-order chi connectivity index (χ0) is 12.3. The third-order valence-corrected chi connectivity index (χ3v) is 2.22. The molecule has 0 atom stereocenters. The van der Waals surface area contributed by atoms with E-state index in [0.717, 1.165) is 0 Å². The summed E-state index contributed by atoms with van der Waals surface area (Å²) in [7, 11) is 1.58. The van der Waals surface area contributed by atoms with Crippen LogP contribution in [0.1, 0.15) is 24.2 Å². The topological polar surface area (TPSA) is 71.3 Å². The first-order chi connectivity index (χ1) is 7.37. The number of carbonyl (C=O) groups excluding carboxylic acids is 1. The fraction of sp³-hybridized carbons (Fsp3) is 0.455. The molecule has 0 aliphatic rings. The van der Waals surface area contributed by atoms with Crippen molar-refractivity contribution in [3.8, 4) is 0 Å². The van der Waals surface area contributed by atoms with E-state index in [2.05, 4.69) is 5.32 Å². The number of amides is 1. The summed E-state index contributed by atoms with van der Waals surface area (Å²) in [5.74, 6) is -0.472. The van der Waals surface area contributed by atoms with Gasteiger partial charge in [-0.25, -0.2) is 0 Å². The molecule has 88 valence electrons. The molecule has 1 aromatic heterocycles. The fourth-order valence-corrected chi connectivity index (χ4v) is 1.18. The van der Waals surface area contributed by atoms with Gasteiger partial charge in [0, 0.05) is 13.2 Å². The van der Waals surface area contributed by atoms with Gasteiger partial charge in [0.1, 0.15) is 5.56 Å². The molecule has 0 spiro atoms. The minimum absolute atomic E-state index is 0.0755. The molecule has 1 aromatic rings. The highest BCUT2D eigenvalue weighted by molar-refractivity contribution is 5.94. The number of aliphatic hydroxyl groups is 1. The maximum atomic E-state index is 11.8. The smallest absolute Gasteiger partial charge is 0.263 e. The van der Waals surface area contributed by atoms with Crippen molar-refractivity contribution in [2.45, 2.75) is 19.4 Å². The minimum atomic E-state index is -0.738. The lowest BCUT2D eigenvalue weighted by Gasteiger charge is -2.23. The third-order valence-electron chi connectivity index (χ3n) is 2.22. The largest absolute Gasteiger partial charge is 0.394 e. The van der Waals surface area contributed by atoms with Crippen LogP contribution in [-0.2, 0) is 7.05 Å². The van der Waals surface area contributed by atoms with Gasteiger partial charge in [-0.3, -0.25) is 9.59 Å². The number of nitrogens with one attached hydrogen (secondary N) is 1. The first kappa shape index (κ1) is 12.4. The van der Waals surface area contributed by atoms with Crippen molar-refractivity contribution in [3.05, 3.63) is 34.2 Å². The Bertz CT molecular complexity index is 449. The second-order valence-electron chi connectivity index (χ2n) is 4.33. The third kappa shape index (κ3) is 2.70. The number of nitrogens with zero attached hydrogens (tertiary/aromatic N) is 1. The first-order valence-corrected chi connectivity index (χ1v) is 4.96. The molecule has 0 aromatic carbocycles. The number of carbonyl (C=O) groups is 1. The Morgan fingerprint density at radius 2 is 2.19 bits per heavy atom. The summed E-state index contributed by atoms with van der Waals surface area (Å²) in [6, 6.07) is 3.09. The molecule has 0 saturated carbocycles. The van der Waals surface area contributed by atoms with Crippen molar-refractivity contribution in [2.75, 3.05) is 6.61 Å². The van der Waals surface area contributed by atoms with E-state index in [-0.39, 0.29) is 17.7 Å². The van der Waals surface area contributed by atoms with E-state index in [1.165, 1.54) is 10.6 Å². The van der Waals surface area contributed by atoms with Gasteiger partial charge in [0.05, 0.1) is 12.1 Å². The predicted octanol–water partition coefficient (Wildman–Crippen LogP) is -0.114. The minimum Gasteiger partial charge on any atom is -0.394 e. The highest BCUT2D eigenvalue weighted by Crippen LogP contribution is 2.01. The molecule has 0 saturated heterocycles. The van der Waals surface area contributed by atoms with Gasteiger partial charge in [-0.2, -0.15) is 0 Å². The number of rotatable bonds is 3. The highest BCUT2D eigenvalue weighted by atomic mass is 16.3. The maximum absolute atomic E-state index is 11.8. The number of pyridine rings is 1. The van der Waals surface area contributed by atoms with E-state index in [1.54, 1.807) is 33.2 Å². The van der Waals surface area contributed by atoms with Gasteiger partial charge in [0.25, 0.3) is 11.5 Å². The van der Waals surface area contributed by atoms with Gasteiger partial charge in [0.2, 0.25) is 0 Å². The molecule has 1 amide bonds. The van der Waals surface area contributed by atoms with Gasteiger partial charge < -0.3 is 15.0 Å². The van der Waals surface area contributed by atoms with Crippen LogP contribution in [0.3, 0.4) is 0 Å². The second-order valence-corrected chi connectivity index (χ2v) is 4.33. The standard InChI is InChI=1S/C11H16N2O3/c1-11(2,7-14)12-9(15)8-5-4-6-13(3)10(8)16/h4-6,14H,7H2,1-3H3,(H,12,15). The fourth-order valence-electron chi connectivity index (χ4n) is 1.18. The molecule has 2 N–H and O–H groups in total. The predicted molar refractivity (Wildman–Crippen MR) is 60.3 cm³/mol. The quantitative estimate of drug-likeness (QED) is 0.752. The lowest BCUT2D eigenvalue weighted by atomic mass is 10.1. The molecule has 5 nitrogen and oxygen atoms in total. The Labute approximate surface area is 93.7 Å². The Kier molecular flexibility index (Phi) is 3.49. The number of aliphatic hydroxyl groups excluding tert-OH is 1. The maximum Gasteiger partial charge on any atom is 0.263 e. The molecule has 1 rings (SSSR count). The molecular formula is C11H16N2O3. The lowest BCUT2D eigenvalue weighted by Crippen LogP contribution is -2.47. The van der Waals surface area contributed by atoms with Crippen LogP contribution < -0.4 is 10.9 Å². The summed E-state index contributed by atoms with van der Waals surface area (Å²) in [5, 5.41) is 11.6. The zero-order valence-electron chi connectivity index (χ0n) is 9.65. The lowest BCUT2D eigenvalue weighted by molar-refractivity contribution is 0.0867.